The predicted molar refractivity (Wildman–Crippen MR) is 51.9 cm³/mol. The highest BCUT2D eigenvalue weighted by molar-refractivity contribution is 5.00. The van der Waals surface area contributed by atoms with Gasteiger partial charge in [-0.2, -0.15) is 0 Å². The fraction of sp³-hybridized carbons (Fsp3) is 1.00. The van der Waals surface area contributed by atoms with Gasteiger partial charge in [0.2, 0.25) is 0 Å². The number of hydrogen-bond acceptors (Lipinski definition) is 1. The average Bonchev–Trinajstić information content (AvgIpc) is 2.56. The van der Waals surface area contributed by atoms with E-state index in [2.05, 4.69) is 0 Å². The van der Waals surface area contributed by atoms with Crippen LogP contribution in [0.2, 0.25) is 0 Å². The van der Waals surface area contributed by atoms with E-state index in [4.69, 9.17) is 5.73 Å². The van der Waals surface area contributed by atoms with Gasteiger partial charge in [0.25, 0.3) is 0 Å². The summed E-state index contributed by atoms with van der Waals surface area (Å²) in [5.74, 6) is 1.14. The minimum atomic E-state index is 0.846. The fourth-order valence-corrected chi connectivity index (χ4v) is 3.23. The van der Waals surface area contributed by atoms with E-state index in [1.54, 1.807) is 19.3 Å². The van der Waals surface area contributed by atoms with Crippen molar-refractivity contribution < 1.29 is 0 Å². The third-order valence-electron chi connectivity index (χ3n) is 3.94. The SMILES string of the molecule is NCCCCCC12CCC(C1)C2. The lowest BCUT2D eigenvalue weighted by atomic mass is 9.67. The van der Waals surface area contributed by atoms with Gasteiger partial charge in [-0.05, 0) is 56.4 Å². The number of unbranched alkanes of at least 4 members (excludes halogenated alkanes) is 2. The van der Waals surface area contributed by atoms with Gasteiger partial charge in [0, 0.05) is 0 Å². The molecule has 3 fully saturated rings. The highest BCUT2D eigenvalue weighted by atomic mass is 14.5. The summed E-state index contributed by atoms with van der Waals surface area (Å²) in [5.41, 5.74) is 6.31. The maximum Gasteiger partial charge on any atom is -0.00773 e. The molecular weight excluding hydrogens is 146 g/mol. The summed E-state index contributed by atoms with van der Waals surface area (Å²) in [5, 5.41) is 0. The Morgan fingerprint density at radius 3 is 2.58 bits per heavy atom. The second-order valence-electron chi connectivity index (χ2n) is 4.91. The monoisotopic (exact) mass is 167 g/mol. The summed E-state index contributed by atoms with van der Waals surface area (Å²) in [6.07, 6.45) is 11.7. The largest absolute Gasteiger partial charge is 0.330 e. The molecule has 3 saturated carbocycles. The molecule has 1 nitrogen and oxygen atoms in total. The van der Waals surface area contributed by atoms with Crippen LogP contribution in [0.4, 0.5) is 0 Å². The Morgan fingerprint density at radius 2 is 2.00 bits per heavy atom. The van der Waals surface area contributed by atoms with Crippen LogP contribution in [-0.4, -0.2) is 6.54 Å². The molecule has 70 valence electrons. The van der Waals surface area contributed by atoms with Crippen LogP contribution < -0.4 is 5.73 Å². The van der Waals surface area contributed by atoms with Gasteiger partial charge in [0.05, 0.1) is 0 Å². The molecule has 12 heavy (non-hydrogen) atoms. The standard InChI is InChI=1S/C11H21N/c12-7-3-1-2-5-11-6-4-10(8-11)9-11/h10H,1-9,12H2. The Balaban J connectivity index is 1.61. The zero-order valence-electron chi connectivity index (χ0n) is 8.02. The lowest BCUT2D eigenvalue weighted by Gasteiger charge is -2.38. The number of fused-ring (bicyclic) bond motifs is 1. The smallest absolute Gasteiger partial charge is 0.00773 e. The molecule has 3 aliphatic rings. The summed E-state index contributed by atoms with van der Waals surface area (Å²) in [4.78, 5) is 0. The van der Waals surface area contributed by atoms with E-state index >= 15 is 0 Å². The van der Waals surface area contributed by atoms with Crippen LogP contribution in [-0.2, 0) is 0 Å². The van der Waals surface area contributed by atoms with Gasteiger partial charge in [-0.15, -0.1) is 0 Å². The van der Waals surface area contributed by atoms with E-state index in [1.807, 2.05) is 0 Å². The second kappa shape index (κ2) is 3.37. The van der Waals surface area contributed by atoms with Crippen LogP contribution in [0.1, 0.15) is 51.4 Å². The van der Waals surface area contributed by atoms with E-state index in [0.29, 0.717) is 0 Å². The molecule has 0 unspecified atom stereocenters. The molecule has 1 heteroatoms. The maximum absolute atomic E-state index is 5.47. The van der Waals surface area contributed by atoms with Crippen molar-refractivity contribution in [2.45, 2.75) is 51.4 Å². The summed E-state index contributed by atoms with van der Waals surface area (Å²) in [6, 6.07) is 0. The van der Waals surface area contributed by atoms with E-state index in [-0.39, 0.29) is 0 Å². The van der Waals surface area contributed by atoms with E-state index < -0.39 is 0 Å². The van der Waals surface area contributed by atoms with Crippen molar-refractivity contribution >= 4 is 0 Å². The van der Waals surface area contributed by atoms with E-state index in [1.165, 1.54) is 32.1 Å². The van der Waals surface area contributed by atoms with Crippen LogP contribution in [0, 0.1) is 11.3 Å². The van der Waals surface area contributed by atoms with Gasteiger partial charge in [-0.25, -0.2) is 0 Å². The summed E-state index contributed by atoms with van der Waals surface area (Å²) in [7, 11) is 0. The Bertz CT molecular complexity index is 142. The normalized spacial score (nSPS) is 38.2. The van der Waals surface area contributed by atoms with Crippen LogP contribution in [0.3, 0.4) is 0 Å². The Kier molecular flexibility index (Phi) is 2.40. The van der Waals surface area contributed by atoms with Gasteiger partial charge in [0.1, 0.15) is 0 Å². The molecule has 0 aromatic rings. The molecule has 0 heterocycles. The van der Waals surface area contributed by atoms with Crippen molar-refractivity contribution in [3.05, 3.63) is 0 Å². The van der Waals surface area contributed by atoms with Crippen molar-refractivity contribution in [2.75, 3.05) is 6.54 Å². The molecule has 0 amide bonds. The van der Waals surface area contributed by atoms with Crippen molar-refractivity contribution in [3.63, 3.8) is 0 Å². The Hall–Kier alpha value is -0.0400. The highest BCUT2D eigenvalue weighted by Crippen LogP contribution is 2.61. The van der Waals surface area contributed by atoms with Crippen molar-refractivity contribution in [2.24, 2.45) is 17.1 Å². The van der Waals surface area contributed by atoms with Gasteiger partial charge in [0.15, 0.2) is 0 Å². The number of rotatable bonds is 5. The summed E-state index contributed by atoms with van der Waals surface area (Å²) < 4.78 is 0. The maximum atomic E-state index is 5.47. The fourth-order valence-electron chi connectivity index (χ4n) is 3.23. The molecule has 0 saturated heterocycles. The molecule has 0 aromatic carbocycles. The van der Waals surface area contributed by atoms with Gasteiger partial charge in [-0.3, -0.25) is 0 Å². The molecular formula is C11H21N. The summed E-state index contributed by atoms with van der Waals surface area (Å²) in [6.45, 7) is 0.885. The van der Waals surface area contributed by atoms with Crippen molar-refractivity contribution in [3.8, 4) is 0 Å². The van der Waals surface area contributed by atoms with Crippen LogP contribution >= 0.6 is 0 Å². The first-order chi connectivity index (χ1) is 5.85. The zero-order chi connectivity index (χ0) is 8.44. The first-order valence-electron chi connectivity index (χ1n) is 5.55. The molecule has 3 aliphatic carbocycles. The lowest BCUT2D eigenvalue weighted by molar-refractivity contribution is 0.127. The average molecular weight is 167 g/mol. The van der Waals surface area contributed by atoms with E-state index in [9.17, 15) is 0 Å². The predicted octanol–water partition coefficient (Wildman–Crippen LogP) is 2.70. The Morgan fingerprint density at radius 1 is 1.17 bits per heavy atom. The van der Waals surface area contributed by atoms with Crippen molar-refractivity contribution in [1.82, 2.24) is 0 Å². The van der Waals surface area contributed by atoms with E-state index in [0.717, 1.165) is 17.9 Å². The molecule has 2 bridgehead atoms. The molecule has 3 rings (SSSR count). The topological polar surface area (TPSA) is 26.0 Å². The number of nitrogens with two attached hydrogens (primary N) is 1. The van der Waals surface area contributed by atoms with Crippen LogP contribution in [0.15, 0.2) is 0 Å². The lowest BCUT2D eigenvalue weighted by Crippen LogP contribution is -2.27. The van der Waals surface area contributed by atoms with Gasteiger partial charge in [-0.1, -0.05) is 12.8 Å². The molecule has 0 spiro atoms. The minimum Gasteiger partial charge on any atom is -0.330 e. The number of hydrogen-bond donors (Lipinski definition) is 1. The quantitative estimate of drug-likeness (QED) is 0.626. The molecule has 2 N–H and O–H groups in total. The van der Waals surface area contributed by atoms with Crippen LogP contribution in [0.5, 0.6) is 0 Å². The second-order valence-corrected chi connectivity index (χ2v) is 4.91. The van der Waals surface area contributed by atoms with Gasteiger partial charge < -0.3 is 5.73 Å². The summed E-state index contributed by atoms with van der Waals surface area (Å²) >= 11 is 0. The first-order valence-corrected chi connectivity index (χ1v) is 5.55. The third-order valence-corrected chi connectivity index (χ3v) is 3.94. The van der Waals surface area contributed by atoms with Crippen LogP contribution in [0.25, 0.3) is 0 Å². The highest BCUT2D eigenvalue weighted by Gasteiger charge is 2.48. The zero-order valence-corrected chi connectivity index (χ0v) is 8.02. The third kappa shape index (κ3) is 1.52. The Labute approximate surface area is 75.7 Å². The molecule has 0 radical (unpaired) electrons. The first kappa shape index (κ1) is 8.55. The van der Waals surface area contributed by atoms with Gasteiger partial charge >= 0.3 is 0 Å². The molecule has 0 aromatic heterocycles. The molecule has 0 aliphatic heterocycles. The van der Waals surface area contributed by atoms with Crippen molar-refractivity contribution in [1.29, 1.82) is 0 Å². The minimum absolute atomic E-state index is 0.846. The molecule has 0 atom stereocenters.